The molecule has 1 aromatic rings. The van der Waals surface area contributed by atoms with Crippen molar-refractivity contribution in [2.75, 3.05) is 7.11 Å². The Balaban J connectivity index is 1.95. The molecule has 2 nitrogen and oxygen atoms in total. The Bertz CT molecular complexity index is 331. The summed E-state index contributed by atoms with van der Waals surface area (Å²) in [7, 11) is 1.73. The van der Waals surface area contributed by atoms with Crippen LogP contribution in [0.15, 0.2) is 18.2 Å². The summed E-state index contributed by atoms with van der Waals surface area (Å²) in [6, 6.07) is 7.17. The zero-order chi connectivity index (χ0) is 10.7. The molecule has 1 saturated carbocycles. The summed E-state index contributed by atoms with van der Waals surface area (Å²) >= 11 is 0. The van der Waals surface area contributed by atoms with Crippen LogP contribution in [0.2, 0.25) is 0 Å². The van der Waals surface area contributed by atoms with E-state index in [0.29, 0.717) is 0 Å². The first-order valence-electron chi connectivity index (χ1n) is 5.66. The van der Waals surface area contributed by atoms with E-state index < -0.39 is 0 Å². The smallest absolute Gasteiger partial charge is 0.122 e. The fourth-order valence-electron chi connectivity index (χ4n) is 1.85. The van der Waals surface area contributed by atoms with Crippen molar-refractivity contribution in [3.05, 3.63) is 29.3 Å². The molecular weight excluding hydrogens is 186 g/mol. The van der Waals surface area contributed by atoms with E-state index in [1.807, 2.05) is 0 Å². The summed E-state index contributed by atoms with van der Waals surface area (Å²) in [5.41, 5.74) is 2.51. The molecule has 0 heterocycles. The first-order chi connectivity index (χ1) is 7.29. The van der Waals surface area contributed by atoms with Gasteiger partial charge in [-0.05, 0) is 37.0 Å². The van der Waals surface area contributed by atoms with E-state index in [1.54, 1.807) is 7.11 Å². The first kappa shape index (κ1) is 10.5. The van der Waals surface area contributed by atoms with E-state index >= 15 is 0 Å². The van der Waals surface area contributed by atoms with Crippen LogP contribution in [0, 0.1) is 6.92 Å². The molecule has 82 valence electrons. The molecule has 1 aromatic carbocycles. The Morgan fingerprint density at radius 1 is 1.40 bits per heavy atom. The van der Waals surface area contributed by atoms with Gasteiger partial charge in [0.1, 0.15) is 5.75 Å². The molecule has 0 bridgehead atoms. The van der Waals surface area contributed by atoms with E-state index in [2.05, 4.69) is 30.4 Å². The van der Waals surface area contributed by atoms with Crippen molar-refractivity contribution in [1.29, 1.82) is 0 Å². The van der Waals surface area contributed by atoms with Gasteiger partial charge in [0.05, 0.1) is 7.11 Å². The van der Waals surface area contributed by atoms with E-state index in [4.69, 9.17) is 4.74 Å². The number of rotatable bonds is 4. The topological polar surface area (TPSA) is 21.3 Å². The van der Waals surface area contributed by atoms with E-state index in [0.717, 1.165) is 18.3 Å². The molecule has 0 aromatic heterocycles. The average Bonchev–Trinajstić information content (AvgIpc) is 2.18. The highest BCUT2D eigenvalue weighted by atomic mass is 16.5. The minimum Gasteiger partial charge on any atom is -0.496 e. The molecule has 1 aliphatic carbocycles. The normalized spacial score (nSPS) is 16.1. The fourth-order valence-corrected chi connectivity index (χ4v) is 1.85. The molecular formula is C13H19NO. The summed E-state index contributed by atoms with van der Waals surface area (Å²) in [5, 5.41) is 3.55. The lowest BCUT2D eigenvalue weighted by molar-refractivity contribution is 0.338. The van der Waals surface area contributed by atoms with Crippen LogP contribution in [-0.2, 0) is 6.54 Å². The van der Waals surface area contributed by atoms with Crippen LogP contribution in [0.5, 0.6) is 5.75 Å². The van der Waals surface area contributed by atoms with E-state index in [-0.39, 0.29) is 0 Å². The van der Waals surface area contributed by atoms with Crippen LogP contribution < -0.4 is 10.1 Å². The number of benzene rings is 1. The SMILES string of the molecule is COc1cc(CNC2CCC2)ccc1C. The van der Waals surface area contributed by atoms with Crippen LogP contribution in [0.4, 0.5) is 0 Å². The Morgan fingerprint density at radius 2 is 2.20 bits per heavy atom. The molecule has 0 radical (unpaired) electrons. The van der Waals surface area contributed by atoms with Crippen LogP contribution in [0.1, 0.15) is 30.4 Å². The van der Waals surface area contributed by atoms with Gasteiger partial charge in [0.15, 0.2) is 0 Å². The molecule has 2 rings (SSSR count). The van der Waals surface area contributed by atoms with Gasteiger partial charge in [0, 0.05) is 12.6 Å². The number of methoxy groups -OCH3 is 1. The summed E-state index contributed by atoms with van der Waals surface area (Å²) in [4.78, 5) is 0. The minimum atomic E-state index is 0.747. The lowest BCUT2D eigenvalue weighted by atomic mass is 9.93. The lowest BCUT2D eigenvalue weighted by Crippen LogP contribution is -2.34. The van der Waals surface area contributed by atoms with Crippen molar-refractivity contribution in [3.8, 4) is 5.75 Å². The molecule has 0 unspecified atom stereocenters. The van der Waals surface area contributed by atoms with Crippen LogP contribution in [-0.4, -0.2) is 13.2 Å². The summed E-state index contributed by atoms with van der Waals surface area (Å²) in [6.45, 7) is 3.03. The average molecular weight is 205 g/mol. The quantitative estimate of drug-likeness (QED) is 0.816. The third-order valence-corrected chi connectivity index (χ3v) is 3.17. The lowest BCUT2D eigenvalue weighted by Gasteiger charge is -2.26. The molecule has 0 saturated heterocycles. The highest BCUT2D eigenvalue weighted by Gasteiger charge is 2.16. The van der Waals surface area contributed by atoms with Gasteiger partial charge in [0.2, 0.25) is 0 Å². The summed E-state index contributed by atoms with van der Waals surface area (Å²) in [6.07, 6.45) is 4.06. The van der Waals surface area contributed by atoms with Gasteiger partial charge >= 0.3 is 0 Å². The predicted molar refractivity (Wildman–Crippen MR) is 62.2 cm³/mol. The van der Waals surface area contributed by atoms with Gasteiger partial charge < -0.3 is 10.1 Å². The van der Waals surface area contributed by atoms with Crippen molar-refractivity contribution in [3.63, 3.8) is 0 Å². The van der Waals surface area contributed by atoms with Gasteiger partial charge in [0.25, 0.3) is 0 Å². The Morgan fingerprint density at radius 3 is 2.80 bits per heavy atom. The molecule has 15 heavy (non-hydrogen) atoms. The minimum absolute atomic E-state index is 0.747. The van der Waals surface area contributed by atoms with Gasteiger partial charge in [-0.1, -0.05) is 18.6 Å². The number of nitrogens with one attached hydrogen (secondary N) is 1. The molecule has 0 amide bonds. The van der Waals surface area contributed by atoms with E-state index in [9.17, 15) is 0 Å². The zero-order valence-electron chi connectivity index (χ0n) is 9.55. The maximum absolute atomic E-state index is 5.30. The predicted octanol–water partition coefficient (Wildman–Crippen LogP) is 2.65. The van der Waals surface area contributed by atoms with Crippen molar-refractivity contribution in [1.82, 2.24) is 5.32 Å². The fraction of sp³-hybridized carbons (Fsp3) is 0.538. The number of hydrogen-bond acceptors (Lipinski definition) is 2. The largest absolute Gasteiger partial charge is 0.496 e. The number of ether oxygens (including phenoxy) is 1. The number of aryl methyl sites for hydroxylation is 1. The third kappa shape index (κ3) is 2.51. The molecule has 1 aliphatic rings. The van der Waals surface area contributed by atoms with Gasteiger partial charge in [-0.15, -0.1) is 0 Å². The number of hydrogen-bond donors (Lipinski definition) is 1. The zero-order valence-corrected chi connectivity index (χ0v) is 9.55. The summed E-state index contributed by atoms with van der Waals surface area (Å²) in [5.74, 6) is 0.989. The second-order valence-electron chi connectivity index (χ2n) is 4.31. The molecule has 2 heteroatoms. The second kappa shape index (κ2) is 4.67. The highest BCUT2D eigenvalue weighted by Crippen LogP contribution is 2.21. The maximum atomic E-state index is 5.30. The maximum Gasteiger partial charge on any atom is 0.122 e. The van der Waals surface area contributed by atoms with Crippen molar-refractivity contribution in [2.45, 2.75) is 38.8 Å². The van der Waals surface area contributed by atoms with Crippen molar-refractivity contribution >= 4 is 0 Å². The van der Waals surface area contributed by atoms with Crippen LogP contribution >= 0.6 is 0 Å². The molecule has 0 atom stereocenters. The standard InChI is InChI=1S/C13H19NO/c1-10-6-7-11(8-13(10)15-2)9-14-12-4-3-5-12/h6-8,12,14H,3-5,9H2,1-2H3. The monoisotopic (exact) mass is 205 g/mol. The molecule has 0 aliphatic heterocycles. The van der Waals surface area contributed by atoms with Gasteiger partial charge in [-0.2, -0.15) is 0 Å². The van der Waals surface area contributed by atoms with Crippen molar-refractivity contribution in [2.24, 2.45) is 0 Å². The van der Waals surface area contributed by atoms with E-state index in [1.165, 1.54) is 30.4 Å². The van der Waals surface area contributed by atoms with Crippen molar-refractivity contribution < 1.29 is 4.74 Å². The Labute approximate surface area is 91.6 Å². The van der Waals surface area contributed by atoms with Gasteiger partial charge in [-0.25, -0.2) is 0 Å². The molecule has 1 fully saturated rings. The first-order valence-corrected chi connectivity index (χ1v) is 5.66. The summed E-state index contributed by atoms with van der Waals surface area (Å²) < 4.78 is 5.30. The third-order valence-electron chi connectivity index (χ3n) is 3.17. The van der Waals surface area contributed by atoms with Gasteiger partial charge in [-0.3, -0.25) is 0 Å². The Hall–Kier alpha value is -1.02. The molecule has 0 spiro atoms. The highest BCUT2D eigenvalue weighted by molar-refractivity contribution is 5.36. The molecule has 1 N–H and O–H groups in total. The van der Waals surface area contributed by atoms with Crippen LogP contribution in [0.25, 0.3) is 0 Å². The Kier molecular flexibility index (Phi) is 3.27. The van der Waals surface area contributed by atoms with Crippen LogP contribution in [0.3, 0.4) is 0 Å². The second-order valence-corrected chi connectivity index (χ2v) is 4.31.